The molecule has 0 fully saturated rings. The van der Waals surface area contributed by atoms with E-state index < -0.39 is 32.4 Å². The fraction of sp³-hybridized carbons (Fsp3) is 0.355. The number of carbonyl (C=O) groups excluding carboxylic acids is 3. The highest BCUT2D eigenvalue weighted by molar-refractivity contribution is 7.44. The molecule has 0 aliphatic heterocycles. The molecule has 17 heteroatoms. The van der Waals surface area contributed by atoms with Crippen LogP contribution in [0.1, 0.15) is 76.8 Å². The van der Waals surface area contributed by atoms with Gasteiger partial charge in [0.05, 0.1) is 70.8 Å². The minimum Gasteiger partial charge on any atom is -0.434 e. The summed E-state index contributed by atoms with van der Waals surface area (Å²) in [4.78, 5) is 38.4. The molecule has 6 aromatic carbocycles. The molecule has 0 amide bonds. The normalized spacial score (nSPS) is 13.5. The number of fused-ring (bicyclic) bond motifs is 9. The molecular weight excluding hydrogens is 1030 g/mol. The Morgan fingerprint density at radius 1 is 0.405 bits per heavy atom. The van der Waals surface area contributed by atoms with Crippen molar-refractivity contribution >= 4 is 27.0 Å². The fourth-order valence-corrected chi connectivity index (χ4v) is 11.1. The Balaban J connectivity index is 0.754. The third kappa shape index (κ3) is 14.7. The predicted octanol–water partition coefficient (Wildman–Crippen LogP) is 12.2. The Bertz CT molecular complexity index is 2610. The minimum absolute atomic E-state index is 0.0233. The summed E-state index contributed by atoms with van der Waals surface area (Å²) in [5, 5.41) is 9.06. The van der Waals surface area contributed by atoms with Gasteiger partial charge in [-0.05, 0) is 66.8 Å². The van der Waals surface area contributed by atoms with Gasteiger partial charge in [0.2, 0.25) is 0 Å². The number of ether oxygens (including phenoxy) is 9. The fourth-order valence-electron chi connectivity index (χ4n) is 10.4. The summed E-state index contributed by atoms with van der Waals surface area (Å²) in [6.45, 7) is 1.37. The van der Waals surface area contributed by atoms with E-state index in [4.69, 9.17) is 62.4 Å². The number of nitrogens with two attached hydrogens (primary N) is 1. The maximum absolute atomic E-state index is 12.8. The second-order valence-corrected chi connectivity index (χ2v) is 20.5. The first-order chi connectivity index (χ1) is 38.8. The second kappa shape index (κ2) is 28.6. The average Bonchev–Trinajstić information content (AvgIpc) is 4.34. The van der Waals surface area contributed by atoms with E-state index in [0.29, 0.717) is 19.3 Å². The highest BCUT2D eigenvalue weighted by atomic mass is 31.2. The number of rotatable bonds is 30. The van der Waals surface area contributed by atoms with E-state index in [1.807, 2.05) is 78.9 Å². The van der Waals surface area contributed by atoms with Crippen LogP contribution in [0.15, 0.2) is 146 Å². The van der Waals surface area contributed by atoms with E-state index >= 15 is 0 Å². The van der Waals surface area contributed by atoms with Crippen molar-refractivity contribution in [2.75, 3.05) is 92.5 Å². The highest BCUT2D eigenvalue weighted by Gasteiger charge is 2.35. The van der Waals surface area contributed by atoms with E-state index in [9.17, 15) is 14.4 Å². The summed E-state index contributed by atoms with van der Waals surface area (Å²) in [5.74, 6) is -0.300. The molecule has 16 nitrogen and oxygen atoms in total. The summed E-state index contributed by atoms with van der Waals surface area (Å²) in [7, 11) is -1.89. The molecule has 0 saturated heterocycles. The lowest BCUT2D eigenvalue weighted by atomic mass is 9.92. The molecule has 3 aliphatic carbocycles. The summed E-state index contributed by atoms with van der Waals surface area (Å²) in [5.41, 5.74) is 18.7. The van der Waals surface area contributed by atoms with Crippen molar-refractivity contribution in [1.29, 1.82) is 5.26 Å². The van der Waals surface area contributed by atoms with Crippen molar-refractivity contribution in [3.05, 3.63) is 179 Å². The predicted molar refractivity (Wildman–Crippen MR) is 295 cm³/mol. The standard InChI is InChI=1S/C62H65N2O14P/c63-29-13-36-77-79(64)78-43-62(40-68-30-14-33-71-59(65)74-37-56-50-23-7-1-17-44(50)45-18-2-8-24-51(45)56,41-69-31-15-34-72-60(66)75-38-57-52-25-9-3-19-46(52)47-20-4-10-26-53(47)57)42-70-32-16-35-73-61(67)76-39-58-54-27-11-5-21-48(54)49-22-6-12-28-55(49)58/h1-12,17-28,56-58H,13-16,30-43,64H2. The molecule has 0 bridgehead atoms. The van der Waals surface area contributed by atoms with Crippen LogP contribution in [-0.4, -0.2) is 111 Å². The van der Waals surface area contributed by atoms with Gasteiger partial charge < -0.3 is 51.7 Å². The highest BCUT2D eigenvalue weighted by Crippen LogP contribution is 2.47. The monoisotopic (exact) mass is 1090 g/mol. The largest absolute Gasteiger partial charge is 0.508 e. The van der Waals surface area contributed by atoms with Crippen LogP contribution >= 0.6 is 8.53 Å². The van der Waals surface area contributed by atoms with Crippen LogP contribution in [0.5, 0.6) is 0 Å². The van der Waals surface area contributed by atoms with Crippen LogP contribution in [0.3, 0.4) is 0 Å². The van der Waals surface area contributed by atoms with Gasteiger partial charge in [-0.1, -0.05) is 146 Å². The number of nitriles is 1. The number of hydrogen-bond acceptors (Lipinski definition) is 16. The summed E-state index contributed by atoms with van der Waals surface area (Å²) in [6, 6.07) is 50.7. The molecule has 0 aromatic heterocycles. The molecule has 0 radical (unpaired) electrons. The average molecular weight is 1090 g/mol. The Morgan fingerprint density at radius 2 is 0.696 bits per heavy atom. The van der Waals surface area contributed by atoms with Crippen molar-refractivity contribution in [2.45, 2.75) is 43.4 Å². The number of benzene rings is 6. The molecule has 9 rings (SSSR count). The zero-order valence-corrected chi connectivity index (χ0v) is 44.9. The third-order valence-corrected chi connectivity index (χ3v) is 14.9. The van der Waals surface area contributed by atoms with Crippen LogP contribution in [0.4, 0.5) is 14.4 Å². The van der Waals surface area contributed by atoms with Crippen LogP contribution < -0.4 is 5.50 Å². The Hall–Kier alpha value is -7.19. The summed E-state index contributed by atoms with van der Waals surface area (Å²) < 4.78 is 63.5. The van der Waals surface area contributed by atoms with Crippen LogP contribution in [0.2, 0.25) is 0 Å². The van der Waals surface area contributed by atoms with Crippen molar-refractivity contribution in [1.82, 2.24) is 0 Å². The van der Waals surface area contributed by atoms with E-state index in [1.165, 1.54) is 0 Å². The summed E-state index contributed by atoms with van der Waals surface area (Å²) in [6.07, 6.45) is -1.13. The SMILES string of the molecule is N#CCCOP(N)OCC(COCCCOC(=O)OCC1c2ccccc2-c2ccccc21)(COCCCOC(=O)OCC1c2ccccc2-c2ccccc21)COCCCOC(=O)OCC1c2ccccc2-c2ccccc21. The number of nitrogens with zero attached hydrogens (tertiary/aromatic N) is 1. The Morgan fingerprint density at radius 3 is 0.987 bits per heavy atom. The van der Waals surface area contributed by atoms with E-state index in [1.54, 1.807) is 0 Å². The lowest BCUT2D eigenvalue weighted by Crippen LogP contribution is -2.42. The number of hydrogen-bond donors (Lipinski definition) is 1. The molecule has 2 N–H and O–H groups in total. The van der Waals surface area contributed by atoms with E-state index in [0.717, 1.165) is 66.8 Å². The van der Waals surface area contributed by atoms with Crippen molar-refractivity contribution in [3.63, 3.8) is 0 Å². The van der Waals surface area contributed by atoms with Gasteiger partial charge in [0.1, 0.15) is 19.8 Å². The lowest BCUT2D eigenvalue weighted by molar-refractivity contribution is -0.0918. The Kier molecular flexibility index (Phi) is 20.5. The third-order valence-electron chi connectivity index (χ3n) is 14.1. The van der Waals surface area contributed by atoms with Gasteiger partial charge in [0.25, 0.3) is 8.53 Å². The molecule has 1 unspecified atom stereocenters. The Labute approximate surface area is 461 Å². The molecule has 0 saturated carbocycles. The lowest BCUT2D eigenvalue weighted by Gasteiger charge is -2.33. The molecule has 0 spiro atoms. The van der Waals surface area contributed by atoms with Crippen LogP contribution in [0, 0.1) is 16.7 Å². The first-order valence-electron chi connectivity index (χ1n) is 26.7. The molecule has 412 valence electrons. The molecule has 6 aromatic rings. The van der Waals surface area contributed by atoms with Gasteiger partial charge in [-0.15, -0.1) is 0 Å². The van der Waals surface area contributed by atoms with Crippen LogP contribution in [-0.2, 0) is 51.7 Å². The summed E-state index contributed by atoms with van der Waals surface area (Å²) >= 11 is 0. The zero-order valence-electron chi connectivity index (χ0n) is 44.0. The number of carbonyl (C=O) groups is 3. The van der Waals surface area contributed by atoms with E-state index in [2.05, 4.69) is 72.8 Å². The first kappa shape index (κ1) is 56.5. The maximum Gasteiger partial charge on any atom is 0.508 e. The molecule has 79 heavy (non-hydrogen) atoms. The van der Waals surface area contributed by atoms with Crippen molar-refractivity contribution in [2.24, 2.45) is 10.9 Å². The second-order valence-electron chi connectivity index (χ2n) is 19.4. The van der Waals surface area contributed by atoms with Gasteiger partial charge >= 0.3 is 18.5 Å². The van der Waals surface area contributed by atoms with Crippen molar-refractivity contribution in [3.8, 4) is 39.4 Å². The van der Waals surface area contributed by atoms with Gasteiger partial charge in [0, 0.05) is 56.8 Å². The first-order valence-corrected chi connectivity index (χ1v) is 27.9. The van der Waals surface area contributed by atoms with Crippen LogP contribution in [0.25, 0.3) is 33.4 Å². The van der Waals surface area contributed by atoms with E-state index in [-0.39, 0.29) is 117 Å². The van der Waals surface area contributed by atoms with Gasteiger partial charge in [-0.2, -0.15) is 5.26 Å². The molecule has 1 atom stereocenters. The maximum atomic E-state index is 12.8. The van der Waals surface area contributed by atoms with Crippen molar-refractivity contribution < 1.29 is 66.1 Å². The molecule has 0 heterocycles. The molecular formula is C62H65N2O14P. The topological polar surface area (TPSA) is 203 Å². The zero-order chi connectivity index (χ0) is 54.7. The smallest absolute Gasteiger partial charge is 0.434 e. The quantitative estimate of drug-likeness (QED) is 0.0193. The minimum atomic E-state index is -1.89. The van der Waals surface area contributed by atoms with Gasteiger partial charge in [-0.25, -0.2) is 14.4 Å². The van der Waals surface area contributed by atoms with Gasteiger partial charge in [-0.3, -0.25) is 5.50 Å². The molecule has 3 aliphatic rings. The van der Waals surface area contributed by atoms with Gasteiger partial charge in [0.15, 0.2) is 0 Å².